The smallest absolute Gasteiger partial charge is 0.317 e. The summed E-state index contributed by atoms with van der Waals surface area (Å²) in [7, 11) is 0. The molecule has 0 spiro atoms. The molecule has 0 radical (unpaired) electrons. The quantitative estimate of drug-likeness (QED) is 0.669. The molecule has 0 aliphatic carbocycles. The van der Waals surface area contributed by atoms with Gasteiger partial charge < -0.3 is 5.11 Å². The van der Waals surface area contributed by atoms with Gasteiger partial charge in [0.2, 0.25) is 0 Å². The summed E-state index contributed by atoms with van der Waals surface area (Å²) in [5, 5.41) is 9.02. The molecule has 0 aromatic rings. The van der Waals surface area contributed by atoms with Crippen LogP contribution >= 0.6 is 0 Å². The second kappa shape index (κ2) is 4.40. The van der Waals surface area contributed by atoms with Crippen molar-refractivity contribution in [2.24, 2.45) is 11.3 Å². The summed E-state index contributed by atoms with van der Waals surface area (Å²) in [5.41, 5.74) is -1.16. The number of ketones is 1. The molecule has 0 saturated carbocycles. The van der Waals surface area contributed by atoms with Crippen molar-refractivity contribution in [3.8, 4) is 0 Å². The maximum atomic E-state index is 11.3. The number of hydrogen-bond donors (Lipinski definition) is 1. The minimum atomic E-state index is -1.16. The SMILES string of the molecule is CCC(CC(C)C)(C(C)=O)C(=O)O. The van der Waals surface area contributed by atoms with Gasteiger partial charge in [0.25, 0.3) is 0 Å². The molecule has 13 heavy (non-hydrogen) atoms. The van der Waals surface area contributed by atoms with Crippen LogP contribution in [0, 0.1) is 11.3 Å². The van der Waals surface area contributed by atoms with Crippen molar-refractivity contribution >= 4 is 11.8 Å². The zero-order chi connectivity index (χ0) is 10.6. The molecule has 76 valence electrons. The van der Waals surface area contributed by atoms with Crippen LogP contribution in [0.15, 0.2) is 0 Å². The first-order valence-corrected chi connectivity index (χ1v) is 4.61. The maximum absolute atomic E-state index is 11.3. The van der Waals surface area contributed by atoms with E-state index in [1.54, 1.807) is 6.92 Å². The summed E-state index contributed by atoms with van der Waals surface area (Å²) < 4.78 is 0. The minimum absolute atomic E-state index is 0.222. The van der Waals surface area contributed by atoms with Gasteiger partial charge in [-0.15, -0.1) is 0 Å². The van der Waals surface area contributed by atoms with Crippen LogP contribution < -0.4 is 0 Å². The van der Waals surface area contributed by atoms with Crippen molar-refractivity contribution in [3.63, 3.8) is 0 Å². The average Bonchev–Trinajstić information content (AvgIpc) is 1.98. The van der Waals surface area contributed by atoms with Crippen molar-refractivity contribution in [2.45, 2.75) is 40.5 Å². The van der Waals surface area contributed by atoms with Crippen molar-refractivity contribution < 1.29 is 14.7 Å². The maximum Gasteiger partial charge on any atom is 0.317 e. The van der Waals surface area contributed by atoms with Crippen LogP contribution in [0.5, 0.6) is 0 Å². The number of aliphatic carboxylic acids is 1. The fourth-order valence-electron chi connectivity index (χ4n) is 1.62. The summed E-state index contributed by atoms with van der Waals surface area (Å²) in [6.07, 6.45) is 0.796. The van der Waals surface area contributed by atoms with Gasteiger partial charge in [0.15, 0.2) is 0 Å². The van der Waals surface area contributed by atoms with Crippen molar-refractivity contribution in [3.05, 3.63) is 0 Å². The number of Topliss-reactive ketones (excluding diaryl/α,β-unsaturated/α-hetero) is 1. The highest BCUT2D eigenvalue weighted by atomic mass is 16.4. The number of rotatable bonds is 5. The van der Waals surface area contributed by atoms with E-state index in [9.17, 15) is 9.59 Å². The van der Waals surface area contributed by atoms with E-state index in [4.69, 9.17) is 5.11 Å². The standard InChI is InChI=1S/C10H18O3/c1-5-10(8(4)11,9(12)13)6-7(2)3/h7H,5-6H2,1-4H3,(H,12,13). The summed E-state index contributed by atoms with van der Waals surface area (Å²) in [6.45, 7) is 6.96. The highest BCUT2D eigenvalue weighted by molar-refractivity contribution is 6.01. The van der Waals surface area contributed by atoms with Gasteiger partial charge in [-0.1, -0.05) is 20.8 Å². The Hall–Kier alpha value is -0.860. The van der Waals surface area contributed by atoms with Gasteiger partial charge in [0, 0.05) is 0 Å². The molecule has 3 nitrogen and oxygen atoms in total. The Morgan fingerprint density at radius 3 is 1.92 bits per heavy atom. The predicted molar refractivity (Wildman–Crippen MR) is 50.5 cm³/mol. The van der Waals surface area contributed by atoms with Gasteiger partial charge in [-0.05, 0) is 25.7 Å². The monoisotopic (exact) mass is 186 g/mol. The zero-order valence-electron chi connectivity index (χ0n) is 8.76. The Bertz CT molecular complexity index is 192. The van der Waals surface area contributed by atoms with Crippen LogP contribution in [0.1, 0.15) is 40.5 Å². The Morgan fingerprint density at radius 2 is 1.85 bits per heavy atom. The molecule has 0 rings (SSSR count). The molecule has 1 atom stereocenters. The molecule has 0 aliphatic rings. The Balaban J connectivity index is 4.87. The Morgan fingerprint density at radius 1 is 1.38 bits per heavy atom. The lowest BCUT2D eigenvalue weighted by Gasteiger charge is -2.26. The fourth-order valence-corrected chi connectivity index (χ4v) is 1.62. The minimum Gasteiger partial charge on any atom is -0.480 e. The average molecular weight is 186 g/mol. The first kappa shape index (κ1) is 12.1. The molecule has 0 saturated heterocycles. The summed E-state index contributed by atoms with van der Waals surface area (Å²) in [4.78, 5) is 22.3. The molecule has 0 aromatic heterocycles. The van der Waals surface area contributed by atoms with E-state index in [1.165, 1.54) is 6.92 Å². The molecule has 0 bridgehead atoms. The first-order chi connectivity index (χ1) is 5.86. The molecule has 0 heterocycles. The lowest BCUT2D eigenvalue weighted by Crippen LogP contribution is -2.38. The largest absolute Gasteiger partial charge is 0.480 e. The van der Waals surface area contributed by atoms with E-state index >= 15 is 0 Å². The molecule has 3 heteroatoms. The van der Waals surface area contributed by atoms with E-state index in [0.717, 1.165) is 0 Å². The second-order valence-electron chi connectivity index (χ2n) is 3.89. The molecular formula is C10H18O3. The Labute approximate surface area is 79.1 Å². The number of carboxylic acid groups (broad SMARTS) is 1. The molecule has 0 aliphatic heterocycles. The van der Waals surface area contributed by atoms with E-state index < -0.39 is 11.4 Å². The van der Waals surface area contributed by atoms with Crippen LogP contribution in [-0.4, -0.2) is 16.9 Å². The highest BCUT2D eigenvalue weighted by Crippen LogP contribution is 2.31. The summed E-state index contributed by atoms with van der Waals surface area (Å²) in [6, 6.07) is 0. The van der Waals surface area contributed by atoms with Crippen molar-refractivity contribution in [1.82, 2.24) is 0 Å². The zero-order valence-corrected chi connectivity index (χ0v) is 8.76. The normalized spacial score (nSPS) is 15.5. The van der Waals surface area contributed by atoms with Gasteiger partial charge in [0.1, 0.15) is 11.2 Å². The van der Waals surface area contributed by atoms with Gasteiger partial charge in [-0.3, -0.25) is 9.59 Å². The van der Waals surface area contributed by atoms with Crippen LogP contribution in [-0.2, 0) is 9.59 Å². The predicted octanol–water partition coefficient (Wildman–Crippen LogP) is 2.10. The third kappa shape index (κ3) is 2.54. The van der Waals surface area contributed by atoms with E-state index in [-0.39, 0.29) is 11.7 Å². The van der Waals surface area contributed by atoms with E-state index in [1.807, 2.05) is 13.8 Å². The highest BCUT2D eigenvalue weighted by Gasteiger charge is 2.41. The van der Waals surface area contributed by atoms with Gasteiger partial charge in [-0.25, -0.2) is 0 Å². The number of hydrogen-bond acceptors (Lipinski definition) is 2. The first-order valence-electron chi connectivity index (χ1n) is 4.61. The van der Waals surface area contributed by atoms with Crippen molar-refractivity contribution in [2.75, 3.05) is 0 Å². The number of carboxylic acids is 1. The number of carbonyl (C=O) groups is 2. The second-order valence-corrected chi connectivity index (χ2v) is 3.89. The summed E-state index contributed by atoms with van der Waals surface area (Å²) >= 11 is 0. The molecule has 0 amide bonds. The van der Waals surface area contributed by atoms with Gasteiger partial charge in [-0.2, -0.15) is 0 Å². The lowest BCUT2D eigenvalue weighted by molar-refractivity contribution is -0.155. The molecular weight excluding hydrogens is 168 g/mol. The summed E-state index contributed by atoms with van der Waals surface area (Å²) in [5.74, 6) is -1.01. The van der Waals surface area contributed by atoms with Gasteiger partial charge >= 0.3 is 5.97 Å². The molecule has 0 aromatic carbocycles. The molecule has 0 fully saturated rings. The van der Waals surface area contributed by atoms with E-state index in [0.29, 0.717) is 12.8 Å². The third-order valence-electron chi connectivity index (χ3n) is 2.44. The Kier molecular flexibility index (Phi) is 4.11. The van der Waals surface area contributed by atoms with Crippen LogP contribution in [0.3, 0.4) is 0 Å². The molecule has 1 N–H and O–H groups in total. The molecule has 1 unspecified atom stereocenters. The third-order valence-corrected chi connectivity index (χ3v) is 2.44. The number of carbonyl (C=O) groups excluding carboxylic acids is 1. The van der Waals surface area contributed by atoms with Crippen LogP contribution in [0.4, 0.5) is 0 Å². The van der Waals surface area contributed by atoms with E-state index in [2.05, 4.69) is 0 Å². The van der Waals surface area contributed by atoms with Crippen LogP contribution in [0.2, 0.25) is 0 Å². The fraction of sp³-hybridized carbons (Fsp3) is 0.800. The lowest BCUT2D eigenvalue weighted by atomic mass is 9.75. The van der Waals surface area contributed by atoms with Gasteiger partial charge in [0.05, 0.1) is 0 Å². The topological polar surface area (TPSA) is 54.4 Å². The van der Waals surface area contributed by atoms with Crippen molar-refractivity contribution in [1.29, 1.82) is 0 Å². The van der Waals surface area contributed by atoms with Crippen LogP contribution in [0.25, 0.3) is 0 Å².